The van der Waals surface area contributed by atoms with Crippen molar-refractivity contribution in [1.29, 1.82) is 0 Å². The summed E-state index contributed by atoms with van der Waals surface area (Å²) in [6.45, 7) is 11.0. The summed E-state index contributed by atoms with van der Waals surface area (Å²) in [4.78, 5) is 7.09. The average Bonchev–Trinajstić information content (AvgIpc) is 3.12. The Bertz CT molecular complexity index is 576. The largest absolute Gasteiger partial charge is 0.378 e. The van der Waals surface area contributed by atoms with Gasteiger partial charge in [-0.3, -0.25) is 0 Å². The predicted molar refractivity (Wildman–Crippen MR) is 106 cm³/mol. The molecule has 0 bridgehead atoms. The van der Waals surface area contributed by atoms with Crippen molar-refractivity contribution < 1.29 is 9.47 Å². The molecule has 3 rings (SSSR count). The molecule has 2 N–H and O–H groups in total. The van der Waals surface area contributed by atoms with Gasteiger partial charge in [0.05, 0.1) is 25.4 Å². The fraction of sp³-hybridized carbons (Fsp3) is 0.650. The zero-order valence-corrected chi connectivity index (χ0v) is 16.1. The number of rotatable bonds is 6. The summed E-state index contributed by atoms with van der Waals surface area (Å²) >= 11 is 0. The van der Waals surface area contributed by atoms with Crippen LogP contribution in [0, 0.1) is 0 Å². The topological polar surface area (TPSA) is 58.1 Å². The highest BCUT2D eigenvalue weighted by Crippen LogP contribution is 2.23. The second kappa shape index (κ2) is 9.24. The molecule has 26 heavy (non-hydrogen) atoms. The van der Waals surface area contributed by atoms with Crippen LogP contribution in [0.25, 0.3) is 0 Å². The number of hydrogen-bond donors (Lipinski definition) is 2. The van der Waals surface area contributed by atoms with Gasteiger partial charge in [-0.1, -0.05) is 12.1 Å². The van der Waals surface area contributed by atoms with Crippen molar-refractivity contribution >= 4 is 11.6 Å². The molecular formula is C20H32N4O2. The second-order valence-electron chi connectivity index (χ2n) is 7.22. The van der Waals surface area contributed by atoms with E-state index >= 15 is 0 Å². The van der Waals surface area contributed by atoms with Gasteiger partial charge in [0.1, 0.15) is 0 Å². The van der Waals surface area contributed by atoms with Gasteiger partial charge in [0.15, 0.2) is 5.96 Å². The van der Waals surface area contributed by atoms with Gasteiger partial charge in [0.25, 0.3) is 0 Å². The highest BCUT2D eigenvalue weighted by Gasteiger charge is 2.29. The van der Waals surface area contributed by atoms with Crippen LogP contribution in [0.4, 0.5) is 5.69 Å². The Morgan fingerprint density at radius 2 is 1.92 bits per heavy atom. The number of guanidine groups is 1. The predicted octanol–water partition coefficient (Wildman–Crippen LogP) is 2.15. The first-order chi connectivity index (χ1) is 12.7. The highest BCUT2D eigenvalue weighted by molar-refractivity contribution is 5.79. The van der Waals surface area contributed by atoms with Crippen molar-refractivity contribution in [2.24, 2.45) is 4.99 Å². The van der Waals surface area contributed by atoms with Crippen molar-refractivity contribution in [3.8, 4) is 0 Å². The zero-order chi connectivity index (χ0) is 18.2. The quantitative estimate of drug-likeness (QED) is 0.601. The lowest BCUT2D eigenvalue weighted by Gasteiger charge is -2.28. The van der Waals surface area contributed by atoms with Gasteiger partial charge in [-0.05, 0) is 44.4 Å². The van der Waals surface area contributed by atoms with E-state index in [1.807, 2.05) is 0 Å². The van der Waals surface area contributed by atoms with Crippen molar-refractivity contribution in [2.45, 2.75) is 38.8 Å². The Kier molecular flexibility index (Phi) is 6.74. The normalized spacial score (nSPS) is 23.9. The molecule has 1 atom stereocenters. The lowest BCUT2D eigenvalue weighted by atomic mass is 10.0. The summed E-state index contributed by atoms with van der Waals surface area (Å²) in [6, 6.07) is 8.70. The van der Waals surface area contributed by atoms with Crippen LogP contribution in [0.3, 0.4) is 0 Å². The summed E-state index contributed by atoms with van der Waals surface area (Å²) < 4.78 is 11.3. The lowest BCUT2D eigenvalue weighted by molar-refractivity contribution is 0.0243. The van der Waals surface area contributed by atoms with Crippen LogP contribution in [0.5, 0.6) is 0 Å². The van der Waals surface area contributed by atoms with Crippen molar-refractivity contribution in [3.05, 3.63) is 29.8 Å². The molecular weight excluding hydrogens is 328 g/mol. The number of morpholine rings is 1. The molecule has 6 nitrogen and oxygen atoms in total. The number of benzene rings is 1. The molecule has 144 valence electrons. The van der Waals surface area contributed by atoms with Crippen molar-refractivity contribution in [1.82, 2.24) is 10.6 Å². The highest BCUT2D eigenvalue weighted by atomic mass is 16.5. The molecule has 0 amide bonds. The standard InChI is InChI=1S/C20H32N4O2/c1-3-21-19(23-16-20(2)9-4-12-26-20)22-15-17-5-7-18(8-6-17)24-10-13-25-14-11-24/h5-8H,3-4,9-16H2,1-2H3,(H2,21,22,23). The molecule has 1 unspecified atom stereocenters. The Labute approximate surface area is 157 Å². The van der Waals surface area contributed by atoms with Crippen molar-refractivity contribution in [2.75, 3.05) is 50.9 Å². The van der Waals surface area contributed by atoms with E-state index < -0.39 is 0 Å². The number of anilines is 1. The summed E-state index contributed by atoms with van der Waals surface area (Å²) in [6.07, 6.45) is 2.24. The zero-order valence-electron chi connectivity index (χ0n) is 16.1. The van der Waals surface area contributed by atoms with E-state index in [2.05, 4.69) is 53.6 Å². The van der Waals surface area contributed by atoms with E-state index in [-0.39, 0.29) is 5.60 Å². The van der Waals surface area contributed by atoms with Crippen LogP contribution in [0.2, 0.25) is 0 Å². The molecule has 0 saturated carbocycles. The van der Waals surface area contributed by atoms with Gasteiger partial charge in [0, 0.05) is 38.5 Å². The SMILES string of the molecule is CCNC(=NCc1ccc(N2CCOCC2)cc1)NCC1(C)CCCO1. The minimum absolute atomic E-state index is 0.0734. The molecule has 0 aromatic heterocycles. The van der Waals surface area contributed by atoms with Gasteiger partial charge in [-0.2, -0.15) is 0 Å². The number of ether oxygens (including phenoxy) is 2. The van der Waals surface area contributed by atoms with E-state index in [9.17, 15) is 0 Å². The molecule has 1 aromatic rings. The summed E-state index contributed by atoms with van der Waals surface area (Å²) in [5, 5.41) is 6.75. The van der Waals surface area contributed by atoms with Crippen LogP contribution in [-0.4, -0.2) is 57.6 Å². The van der Waals surface area contributed by atoms with Crippen molar-refractivity contribution in [3.63, 3.8) is 0 Å². The first kappa shape index (κ1) is 19.0. The Hall–Kier alpha value is -1.79. The Balaban J connectivity index is 1.54. The molecule has 1 aromatic carbocycles. The van der Waals surface area contributed by atoms with E-state index in [0.717, 1.165) is 64.8 Å². The van der Waals surface area contributed by atoms with Crippen LogP contribution in [0.1, 0.15) is 32.3 Å². The third kappa shape index (κ3) is 5.35. The van der Waals surface area contributed by atoms with Gasteiger partial charge >= 0.3 is 0 Å². The fourth-order valence-corrected chi connectivity index (χ4v) is 3.39. The number of aliphatic imine (C=N–C) groups is 1. The number of hydrogen-bond acceptors (Lipinski definition) is 4. The summed E-state index contributed by atoms with van der Waals surface area (Å²) in [7, 11) is 0. The van der Waals surface area contributed by atoms with E-state index in [0.29, 0.717) is 6.54 Å². The van der Waals surface area contributed by atoms with E-state index in [1.165, 1.54) is 11.3 Å². The van der Waals surface area contributed by atoms with Gasteiger partial charge in [-0.25, -0.2) is 4.99 Å². The monoisotopic (exact) mass is 360 g/mol. The third-order valence-corrected chi connectivity index (χ3v) is 5.01. The Morgan fingerprint density at radius 1 is 1.15 bits per heavy atom. The minimum Gasteiger partial charge on any atom is -0.378 e. The molecule has 2 saturated heterocycles. The molecule has 2 aliphatic rings. The lowest BCUT2D eigenvalue weighted by Crippen LogP contribution is -2.45. The summed E-state index contributed by atoms with van der Waals surface area (Å²) in [5.74, 6) is 0.849. The first-order valence-corrected chi connectivity index (χ1v) is 9.76. The van der Waals surface area contributed by atoms with E-state index in [4.69, 9.17) is 14.5 Å². The maximum absolute atomic E-state index is 5.84. The number of nitrogens with one attached hydrogen (secondary N) is 2. The van der Waals surface area contributed by atoms with Gasteiger partial charge in [-0.15, -0.1) is 0 Å². The van der Waals surface area contributed by atoms with E-state index in [1.54, 1.807) is 0 Å². The van der Waals surface area contributed by atoms with Crippen LogP contribution in [-0.2, 0) is 16.0 Å². The maximum Gasteiger partial charge on any atom is 0.191 e. The second-order valence-corrected chi connectivity index (χ2v) is 7.22. The van der Waals surface area contributed by atoms with Crippen LogP contribution >= 0.6 is 0 Å². The van der Waals surface area contributed by atoms with Gasteiger partial charge in [0.2, 0.25) is 0 Å². The van der Waals surface area contributed by atoms with Gasteiger partial charge < -0.3 is 25.0 Å². The molecule has 2 fully saturated rings. The average molecular weight is 361 g/mol. The molecule has 6 heteroatoms. The first-order valence-electron chi connectivity index (χ1n) is 9.76. The third-order valence-electron chi connectivity index (χ3n) is 5.01. The molecule has 0 radical (unpaired) electrons. The summed E-state index contributed by atoms with van der Waals surface area (Å²) in [5.41, 5.74) is 2.40. The number of nitrogens with zero attached hydrogens (tertiary/aromatic N) is 2. The molecule has 0 aliphatic carbocycles. The maximum atomic E-state index is 5.84. The van der Waals surface area contributed by atoms with Crippen LogP contribution in [0.15, 0.2) is 29.3 Å². The minimum atomic E-state index is -0.0734. The smallest absolute Gasteiger partial charge is 0.191 e. The molecule has 0 spiro atoms. The molecule has 2 aliphatic heterocycles. The fourth-order valence-electron chi connectivity index (χ4n) is 3.39. The van der Waals surface area contributed by atoms with Crippen LogP contribution < -0.4 is 15.5 Å². The Morgan fingerprint density at radius 3 is 2.58 bits per heavy atom. The molecule has 2 heterocycles.